The van der Waals surface area contributed by atoms with Gasteiger partial charge in [-0.3, -0.25) is 0 Å². The summed E-state index contributed by atoms with van der Waals surface area (Å²) in [5, 5.41) is 14.8. The predicted molar refractivity (Wildman–Crippen MR) is 129 cm³/mol. The Kier molecular flexibility index (Phi) is 4.58. The van der Waals surface area contributed by atoms with E-state index in [1.807, 2.05) is 54.6 Å². The zero-order valence-corrected chi connectivity index (χ0v) is 18.8. The number of fused-ring (bicyclic) bond motifs is 7. The summed E-state index contributed by atoms with van der Waals surface area (Å²) in [5.74, 6) is 2.36. The zero-order valence-electron chi connectivity index (χ0n) is 18.8. The first-order valence-corrected chi connectivity index (χ1v) is 11.7. The predicted octanol–water partition coefficient (Wildman–Crippen LogP) is 7.45. The molecule has 4 aromatic carbocycles. The Morgan fingerprint density at radius 3 is 2.45 bits per heavy atom. The number of rotatable bonds is 3. The van der Waals surface area contributed by atoms with Crippen molar-refractivity contribution in [2.75, 3.05) is 0 Å². The lowest BCUT2D eigenvalue weighted by Gasteiger charge is -2.22. The Morgan fingerprint density at radius 2 is 1.67 bits per heavy atom. The molecule has 3 unspecified atom stereocenters. The average Bonchev–Trinajstić information content (AvgIpc) is 3.34. The van der Waals surface area contributed by atoms with E-state index in [0.717, 1.165) is 57.5 Å². The Labute approximate surface area is 192 Å². The van der Waals surface area contributed by atoms with Crippen LogP contribution in [-0.4, -0.2) is 11.3 Å². The number of ether oxygens (including phenoxy) is 2. The number of benzene rings is 4. The highest BCUT2D eigenvalue weighted by atomic mass is 16.7. The van der Waals surface area contributed by atoms with Crippen molar-refractivity contribution in [1.82, 2.24) is 0 Å². The lowest BCUT2D eigenvalue weighted by Crippen LogP contribution is -2.16. The third-order valence-corrected chi connectivity index (χ3v) is 7.69. The van der Waals surface area contributed by atoms with Crippen molar-refractivity contribution in [3.05, 3.63) is 77.4 Å². The van der Waals surface area contributed by atoms with Crippen LogP contribution in [0.1, 0.15) is 55.2 Å². The first-order chi connectivity index (χ1) is 16.0. The van der Waals surface area contributed by atoms with Gasteiger partial charge in [0.05, 0.1) is 0 Å². The van der Waals surface area contributed by atoms with E-state index in [0.29, 0.717) is 29.1 Å². The number of hydrogen-bond donors (Lipinski definition) is 1. The summed E-state index contributed by atoms with van der Waals surface area (Å²) in [7, 11) is 0. The van der Waals surface area contributed by atoms with Crippen molar-refractivity contribution in [2.45, 2.75) is 44.9 Å². The number of carbonyl (C=O) groups is 1. The average molecular weight is 439 g/mol. The molecular formula is C29H26O4. The van der Waals surface area contributed by atoms with Gasteiger partial charge in [-0.1, -0.05) is 56.3 Å². The summed E-state index contributed by atoms with van der Waals surface area (Å²) in [6, 6.07) is 19.5. The zero-order chi connectivity index (χ0) is 22.7. The van der Waals surface area contributed by atoms with Gasteiger partial charge in [0, 0.05) is 21.9 Å². The maximum Gasteiger partial charge on any atom is 0.519 e. The van der Waals surface area contributed by atoms with Crippen molar-refractivity contribution >= 4 is 27.7 Å². The number of carbonyl (C=O) groups excluding carboxylic acids is 1. The number of hydrogen-bond acceptors (Lipinski definition) is 4. The van der Waals surface area contributed by atoms with E-state index in [2.05, 4.69) is 13.8 Å². The van der Waals surface area contributed by atoms with Gasteiger partial charge in [-0.05, 0) is 71.6 Å². The van der Waals surface area contributed by atoms with E-state index in [1.165, 1.54) is 0 Å². The van der Waals surface area contributed by atoms with E-state index in [-0.39, 0.29) is 5.92 Å². The van der Waals surface area contributed by atoms with Gasteiger partial charge in [0.2, 0.25) is 0 Å². The van der Waals surface area contributed by atoms with Crippen LogP contribution in [0.15, 0.2) is 60.7 Å². The highest BCUT2D eigenvalue weighted by molar-refractivity contribution is 5.98. The largest absolute Gasteiger partial charge is 0.519 e. The van der Waals surface area contributed by atoms with Crippen molar-refractivity contribution < 1.29 is 19.4 Å². The van der Waals surface area contributed by atoms with Gasteiger partial charge < -0.3 is 14.6 Å². The first kappa shape index (κ1) is 20.1. The highest BCUT2D eigenvalue weighted by Gasteiger charge is 2.47. The van der Waals surface area contributed by atoms with E-state index in [4.69, 9.17) is 9.47 Å². The fraction of sp³-hybridized carbons (Fsp3) is 0.276. The Hall–Kier alpha value is -3.53. The van der Waals surface area contributed by atoms with Crippen LogP contribution in [-0.2, 0) is 6.42 Å². The van der Waals surface area contributed by atoms with Crippen molar-refractivity contribution in [3.8, 4) is 17.2 Å². The summed E-state index contributed by atoms with van der Waals surface area (Å²) in [6.07, 6.45) is 2.22. The van der Waals surface area contributed by atoms with Crippen molar-refractivity contribution in [3.63, 3.8) is 0 Å². The second kappa shape index (κ2) is 7.51. The molecule has 1 saturated carbocycles. The minimum Gasteiger partial charge on any atom is -0.507 e. The molecule has 4 aromatic rings. The first-order valence-electron chi connectivity index (χ1n) is 11.7. The molecule has 6 rings (SSSR count). The normalized spacial score (nSPS) is 20.8. The Morgan fingerprint density at radius 1 is 0.909 bits per heavy atom. The maximum atomic E-state index is 13.0. The summed E-state index contributed by atoms with van der Waals surface area (Å²) in [4.78, 5) is 13.0. The number of aromatic hydroxyl groups is 1. The van der Waals surface area contributed by atoms with Crippen molar-refractivity contribution in [2.24, 2.45) is 5.92 Å². The van der Waals surface area contributed by atoms with Crippen LogP contribution in [0.25, 0.3) is 21.5 Å². The van der Waals surface area contributed by atoms with Gasteiger partial charge in [0.1, 0.15) is 17.2 Å². The van der Waals surface area contributed by atoms with Crippen LogP contribution >= 0.6 is 0 Å². The summed E-state index contributed by atoms with van der Waals surface area (Å²) in [5.41, 5.74) is 3.09. The second-order valence-corrected chi connectivity index (χ2v) is 9.35. The molecular weight excluding hydrogens is 412 g/mol. The molecule has 4 nitrogen and oxygen atoms in total. The van der Waals surface area contributed by atoms with Crippen LogP contribution in [0, 0.1) is 5.92 Å². The second-order valence-electron chi connectivity index (χ2n) is 9.35. The highest BCUT2D eigenvalue weighted by Crippen LogP contribution is 2.63. The van der Waals surface area contributed by atoms with Crippen LogP contribution < -0.4 is 9.47 Å². The van der Waals surface area contributed by atoms with Gasteiger partial charge in [-0.2, -0.15) is 0 Å². The van der Waals surface area contributed by atoms with Crippen LogP contribution in [0.3, 0.4) is 0 Å². The maximum absolute atomic E-state index is 13.0. The molecule has 33 heavy (non-hydrogen) atoms. The van der Waals surface area contributed by atoms with Crippen LogP contribution in [0.2, 0.25) is 0 Å². The summed E-state index contributed by atoms with van der Waals surface area (Å²) < 4.78 is 11.6. The Bertz CT molecular complexity index is 1420. The molecule has 166 valence electrons. The standard InChI is InChI=1S/C29H26O4/c1-3-17-8-11-23-24(14-17)28(26-22-13-12-21(16(22)2)25(26)27(23)30)33-29(31)32-20-10-9-18-6-4-5-7-19(18)15-20/h4-11,14-16,21-22,30H,3,12-13H2,1-2H3. The van der Waals surface area contributed by atoms with E-state index < -0.39 is 6.16 Å². The SMILES string of the molecule is CCc1ccc2c(O)c3c(c(OC(=O)Oc4ccc5ccccc5c4)c2c1)C1CCC3C1C. The topological polar surface area (TPSA) is 55.8 Å². The minimum atomic E-state index is -0.753. The molecule has 1 fully saturated rings. The molecule has 1 N–H and O–H groups in total. The van der Waals surface area contributed by atoms with E-state index in [9.17, 15) is 9.90 Å². The summed E-state index contributed by atoms with van der Waals surface area (Å²) in [6.45, 7) is 4.33. The molecule has 2 bridgehead atoms. The molecule has 4 heteroatoms. The molecule has 0 amide bonds. The minimum absolute atomic E-state index is 0.286. The molecule has 0 aromatic heterocycles. The van der Waals surface area contributed by atoms with Crippen LogP contribution in [0.5, 0.6) is 17.2 Å². The van der Waals surface area contributed by atoms with Gasteiger partial charge in [-0.25, -0.2) is 4.79 Å². The third kappa shape index (κ3) is 3.08. The van der Waals surface area contributed by atoms with E-state index >= 15 is 0 Å². The Balaban J connectivity index is 1.43. The lowest BCUT2D eigenvalue weighted by molar-refractivity contribution is 0.152. The van der Waals surface area contributed by atoms with Gasteiger partial charge >= 0.3 is 6.16 Å². The molecule has 3 atom stereocenters. The molecule has 0 saturated heterocycles. The smallest absolute Gasteiger partial charge is 0.507 e. The lowest BCUT2D eigenvalue weighted by atomic mass is 9.87. The van der Waals surface area contributed by atoms with E-state index in [1.54, 1.807) is 6.07 Å². The fourth-order valence-corrected chi connectivity index (χ4v) is 6.01. The third-order valence-electron chi connectivity index (χ3n) is 7.69. The van der Waals surface area contributed by atoms with Crippen molar-refractivity contribution in [1.29, 1.82) is 0 Å². The fourth-order valence-electron chi connectivity index (χ4n) is 6.01. The van der Waals surface area contributed by atoms with Crippen LogP contribution in [0.4, 0.5) is 4.79 Å². The molecule has 2 aliphatic rings. The molecule has 0 radical (unpaired) electrons. The monoisotopic (exact) mass is 438 g/mol. The molecule has 0 heterocycles. The molecule has 0 aliphatic heterocycles. The quantitative estimate of drug-likeness (QED) is 0.267. The summed E-state index contributed by atoms with van der Waals surface area (Å²) >= 11 is 0. The number of phenolic OH excluding ortho intramolecular Hbond substituents is 1. The van der Waals surface area contributed by atoms with Gasteiger partial charge in [0.15, 0.2) is 0 Å². The van der Waals surface area contributed by atoms with Gasteiger partial charge in [-0.15, -0.1) is 0 Å². The molecule has 2 aliphatic carbocycles. The number of aryl methyl sites for hydroxylation is 1. The molecule has 0 spiro atoms. The van der Waals surface area contributed by atoms with Gasteiger partial charge in [0.25, 0.3) is 0 Å². The number of phenols is 1.